The van der Waals surface area contributed by atoms with E-state index in [4.69, 9.17) is 0 Å². The van der Waals surface area contributed by atoms with Crippen molar-refractivity contribution < 1.29 is 0 Å². The average molecular weight is 264 g/mol. The van der Waals surface area contributed by atoms with Crippen molar-refractivity contribution in [1.29, 1.82) is 0 Å². The maximum atomic E-state index is 1.56. The van der Waals surface area contributed by atoms with Crippen molar-refractivity contribution in [2.24, 2.45) is 11.8 Å². The minimum absolute atomic E-state index is 1.09. The van der Waals surface area contributed by atoms with Gasteiger partial charge in [0.25, 0.3) is 0 Å². The number of hydrogen-bond acceptors (Lipinski definition) is 0. The van der Waals surface area contributed by atoms with Crippen LogP contribution in [0, 0.1) is 11.8 Å². The molecule has 0 saturated heterocycles. The topological polar surface area (TPSA) is 0 Å². The van der Waals surface area contributed by atoms with Gasteiger partial charge in [-0.25, -0.2) is 0 Å². The van der Waals surface area contributed by atoms with E-state index in [9.17, 15) is 0 Å². The quantitative estimate of drug-likeness (QED) is 0.447. The largest absolute Gasteiger partial charge is 0.0533 e. The third-order valence-electron chi connectivity index (χ3n) is 5.68. The van der Waals surface area contributed by atoms with Crippen LogP contribution in [0.2, 0.25) is 0 Å². The van der Waals surface area contributed by atoms with Crippen LogP contribution in [0.1, 0.15) is 109 Å². The third-order valence-corrected chi connectivity index (χ3v) is 5.68. The summed E-state index contributed by atoms with van der Waals surface area (Å²) in [6.07, 6.45) is 26.0. The van der Waals surface area contributed by atoms with Gasteiger partial charge in [0.2, 0.25) is 0 Å². The molecule has 0 radical (unpaired) electrons. The molecular weight excluding hydrogens is 228 g/mol. The van der Waals surface area contributed by atoms with Gasteiger partial charge in [-0.1, -0.05) is 109 Å². The second-order valence-electron chi connectivity index (χ2n) is 7.35. The van der Waals surface area contributed by atoms with E-state index in [1.54, 1.807) is 38.5 Å². The second kappa shape index (κ2) is 9.83. The third kappa shape index (κ3) is 6.82. The van der Waals surface area contributed by atoms with Crippen molar-refractivity contribution in [3.8, 4) is 0 Å². The standard InChI is InChI=1S/C19H36/c1-2-4-6-8-12-18-14-10-11-15-19(17-16-18)13-9-7-5-3-1/h18-19H,1-17H2. The van der Waals surface area contributed by atoms with Crippen molar-refractivity contribution >= 4 is 0 Å². The van der Waals surface area contributed by atoms with Gasteiger partial charge in [-0.3, -0.25) is 0 Å². The Bertz CT molecular complexity index is 186. The zero-order valence-electron chi connectivity index (χ0n) is 13.2. The summed E-state index contributed by atoms with van der Waals surface area (Å²) in [5, 5.41) is 0. The first-order chi connectivity index (χ1) is 9.45. The van der Waals surface area contributed by atoms with Gasteiger partial charge in [0.05, 0.1) is 0 Å². The van der Waals surface area contributed by atoms with Crippen LogP contribution in [0.4, 0.5) is 0 Å². The molecule has 0 heteroatoms. The van der Waals surface area contributed by atoms with Gasteiger partial charge in [0.15, 0.2) is 0 Å². The van der Waals surface area contributed by atoms with Crippen LogP contribution in [-0.4, -0.2) is 0 Å². The van der Waals surface area contributed by atoms with Gasteiger partial charge in [-0.05, 0) is 11.8 Å². The van der Waals surface area contributed by atoms with E-state index in [1.807, 2.05) is 0 Å². The Morgan fingerprint density at radius 1 is 0.263 bits per heavy atom. The molecule has 2 aliphatic carbocycles. The highest BCUT2D eigenvalue weighted by atomic mass is 14.2. The van der Waals surface area contributed by atoms with Crippen LogP contribution in [0.3, 0.4) is 0 Å². The van der Waals surface area contributed by atoms with Gasteiger partial charge in [0, 0.05) is 0 Å². The van der Waals surface area contributed by atoms with E-state index in [1.165, 1.54) is 70.6 Å². The molecule has 19 heavy (non-hydrogen) atoms. The molecule has 0 aromatic heterocycles. The molecule has 112 valence electrons. The molecule has 2 fully saturated rings. The molecule has 0 nitrogen and oxygen atoms in total. The van der Waals surface area contributed by atoms with Crippen molar-refractivity contribution in [3.63, 3.8) is 0 Å². The summed E-state index contributed by atoms with van der Waals surface area (Å²) in [5.41, 5.74) is 0. The predicted molar refractivity (Wildman–Crippen MR) is 85.5 cm³/mol. The summed E-state index contributed by atoms with van der Waals surface area (Å²) in [6.45, 7) is 0. The molecule has 2 bridgehead atoms. The molecule has 2 unspecified atom stereocenters. The lowest BCUT2D eigenvalue weighted by atomic mass is 9.81. The zero-order valence-corrected chi connectivity index (χ0v) is 13.2. The van der Waals surface area contributed by atoms with Crippen molar-refractivity contribution in [3.05, 3.63) is 0 Å². The smallest absolute Gasteiger partial charge is 0.0414 e. The Labute approximate surface area is 121 Å². The van der Waals surface area contributed by atoms with Gasteiger partial charge in [-0.15, -0.1) is 0 Å². The zero-order chi connectivity index (χ0) is 13.2. The van der Waals surface area contributed by atoms with Crippen LogP contribution < -0.4 is 0 Å². The fourth-order valence-corrected chi connectivity index (χ4v) is 4.31. The molecule has 0 amide bonds. The lowest BCUT2D eigenvalue weighted by Gasteiger charge is -2.25. The Morgan fingerprint density at radius 2 is 0.526 bits per heavy atom. The Morgan fingerprint density at radius 3 is 0.895 bits per heavy atom. The fourth-order valence-electron chi connectivity index (χ4n) is 4.31. The second-order valence-corrected chi connectivity index (χ2v) is 7.35. The van der Waals surface area contributed by atoms with E-state index in [2.05, 4.69) is 0 Å². The monoisotopic (exact) mass is 264 g/mol. The molecule has 0 spiro atoms. The molecule has 2 rings (SSSR count). The molecule has 2 atom stereocenters. The normalized spacial score (nSPS) is 32.8. The summed E-state index contributed by atoms with van der Waals surface area (Å²) in [4.78, 5) is 0. The number of fused-ring (bicyclic) bond motifs is 3. The van der Waals surface area contributed by atoms with Gasteiger partial charge in [0.1, 0.15) is 0 Å². The van der Waals surface area contributed by atoms with Crippen molar-refractivity contribution in [1.82, 2.24) is 0 Å². The van der Waals surface area contributed by atoms with E-state index in [0.717, 1.165) is 11.8 Å². The highest BCUT2D eigenvalue weighted by molar-refractivity contribution is 4.70. The molecule has 2 saturated carbocycles. The average Bonchev–Trinajstić information content (AvgIpc) is 2.40. The SMILES string of the molecule is C1CCCCCC2CCCCC(CCCCC1)CC2. The first-order valence-corrected chi connectivity index (χ1v) is 9.45. The van der Waals surface area contributed by atoms with Crippen LogP contribution in [0.15, 0.2) is 0 Å². The summed E-state index contributed by atoms with van der Waals surface area (Å²) in [5.74, 6) is 2.18. The molecule has 0 aromatic carbocycles. The Balaban J connectivity index is 1.78. The summed E-state index contributed by atoms with van der Waals surface area (Å²) in [7, 11) is 0. The summed E-state index contributed by atoms with van der Waals surface area (Å²) >= 11 is 0. The maximum absolute atomic E-state index is 1.56. The van der Waals surface area contributed by atoms with Crippen molar-refractivity contribution in [2.75, 3.05) is 0 Å². The van der Waals surface area contributed by atoms with Crippen LogP contribution >= 0.6 is 0 Å². The van der Waals surface area contributed by atoms with E-state index >= 15 is 0 Å². The Kier molecular flexibility index (Phi) is 7.97. The fraction of sp³-hybridized carbons (Fsp3) is 1.00. The van der Waals surface area contributed by atoms with E-state index in [-0.39, 0.29) is 0 Å². The van der Waals surface area contributed by atoms with Crippen LogP contribution in [0.25, 0.3) is 0 Å². The van der Waals surface area contributed by atoms with Crippen LogP contribution in [0.5, 0.6) is 0 Å². The van der Waals surface area contributed by atoms with Crippen LogP contribution in [-0.2, 0) is 0 Å². The van der Waals surface area contributed by atoms with Crippen molar-refractivity contribution in [2.45, 2.75) is 109 Å². The molecule has 0 heterocycles. The summed E-state index contributed by atoms with van der Waals surface area (Å²) in [6, 6.07) is 0. The summed E-state index contributed by atoms with van der Waals surface area (Å²) < 4.78 is 0. The van der Waals surface area contributed by atoms with Gasteiger partial charge >= 0.3 is 0 Å². The molecular formula is C19H36. The molecule has 0 aromatic rings. The predicted octanol–water partition coefficient (Wildman–Crippen LogP) is 6.88. The lowest BCUT2D eigenvalue weighted by Crippen LogP contribution is -2.10. The van der Waals surface area contributed by atoms with Gasteiger partial charge < -0.3 is 0 Å². The highest BCUT2D eigenvalue weighted by Crippen LogP contribution is 2.32. The lowest BCUT2D eigenvalue weighted by molar-refractivity contribution is 0.282. The Hall–Kier alpha value is 0. The van der Waals surface area contributed by atoms with E-state index in [0.29, 0.717) is 0 Å². The number of rotatable bonds is 0. The van der Waals surface area contributed by atoms with E-state index < -0.39 is 0 Å². The number of hydrogen-bond donors (Lipinski definition) is 0. The first kappa shape index (κ1) is 15.4. The maximum Gasteiger partial charge on any atom is -0.0414 e. The minimum atomic E-state index is 1.09. The first-order valence-electron chi connectivity index (χ1n) is 9.45. The molecule has 2 aliphatic rings. The molecule has 0 N–H and O–H groups in total. The highest BCUT2D eigenvalue weighted by Gasteiger charge is 2.17. The minimum Gasteiger partial charge on any atom is -0.0533 e. The molecule has 0 aliphatic heterocycles. The van der Waals surface area contributed by atoms with Gasteiger partial charge in [-0.2, -0.15) is 0 Å².